The summed E-state index contributed by atoms with van der Waals surface area (Å²) < 4.78 is 7.70. The van der Waals surface area contributed by atoms with Crippen molar-refractivity contribution in [3.63, 3.8) is 0 Å². The lowest BCUT2D eigenvalue weighted by Crippen LogP contribution is -3.21. The fourth-order valence-corrected chi connectivity index (χ4v) is 7.20. The minimum Gasteiger partial charge on any atom is -0.370 e. The number of aromatic nitrogens is 1. The number of morpholine rings is 1. The van der Waals surface area contributed by atoms with Crippen molar-refractivity contribution in [3.05, 3.63) is 58.0 Å². The average Bonchev–Trinajstić information content (AvgIpc) is 2.86. The number of quaternary nitrogens is 3. The molecular formula is C28H41N4O2+3. The molecule has 3 saturated heterocycles. The molecule has 6 heteroatoms. The van der Waals surface area contributed by atoms with Gasteiger partial charge in [0, 0.05) is 48.0 Å². The molecule has 1 aromatic heterocycles. The first-order valence-corrected chi connectivity index (χ1v) is 13.5. The molecule has 2 aromatic rings. The van der Waals surface area contributed by atoms with E-state index in [-0.39, 0.29) is 5.56 Å². The van der Waals surface area contributed by atoms with Gasteiger partial charge in [-0.2, -0.15) is 0 Å². The quantitative estimate of drug-likeness (QED) is 0.521. The van der Waals surface area contributed by atoms with Crippen molar-refractivity contribution in [2.24, 2.45) is 5.92 Å². The number of likely N-dealkylation sites (tertiary alicyclic amines) is 2. The zero-order chi connectivity index (χ0) is 23.1. The van der Waals surface area contributed by atoms with E-state index in [0.29, 0.717) is 11.8 Å². The van der Waals surface area contributed by atoms with E-state index in [9.17, 15) is 4.79 Å². The molecule has 0 spiro atoms. The summed E-state index contributed by atoms with van der Waals surface area (Å²) in [5.41, 5.74) is 4.81. The molecule has 3 fully saturated rings. The lowest BCUT2D eigenvalue weighted by atomic mass is 9.81. The minimum atomic E-state index is 0.225. The Labute approximate surface area is 203 Å². The Morgan fingerprint density at radius 2 is 1.76 bits per heavy atom. The Morgan fingerprint density at radius 1 is 0.971 bits per heavy atom. The second kappa shape index (κ2) is 9.57. The molecule has 1 aromatic carbocycles. The van der Waals surface area contributed by atoms with E-state index in [1.165, 1.54) is 56.7 Å². The molecule has 6 rings (SSSR count). The Balaban J connectivity index is 1.26. The van der Waals surface area contributed by atoms with Gasteiger partial charge in [-0.25, -0.2) is 0 Å². The van der Waals surface area contributed by atoms with Crippen LogP contribution in [0, 0.1) is 5.92 Å². The summed E-state index contributed by atoms with van der Waals surface area (Å²) in [6.45, 7) is 10.7. The van der Waals surface area contributed by atoms with E-state index >= 15 is 0 Å². The first-order chi connectivity index (χ1) is 16.7. The molecule has 2 bridgehead atoms. The molecule has 4 aliphatic rings. The van der Waals surface area contributed by atoms with Gasteiger partial charge >= 0.3 is 0 Å². The number of ether oxygens (including phenoxy) is 1. The third kappa shape index (κ3) is 4.37. The molecule has 1 unspecified atom stereocenters. The normalized spacial score (nSPS) is 31.7. The summed E-state index contributed by atoms with van der Waals surface area (Å²) in [4.78, 5) is 18.9. The highest BCUT2D eigenvalue weighted by Crippen LogP contribution is 2.32. The van der Waals surface area contributed by atoms with E-state index in [0.717, 1.165) is 56.6 Å². The number of rotatable bonds is 4. The SMILES string of the molecule is C[NH+]1CCC([NH+]2C[C@@H]3C[C@H](C2)c2ccc(-c4ccccc4C[NH+]4CCOCC4)c(=O)n2C3)CC1. The summed E-state index contributed by atoms with van der Waals surface area (Å²) in [6, 6.07) is 13.8. The number of nitrogens with one attached hydrogen (secondary N) is 3. The molecule has 182 valence electrons. The molecule has 3 N–H and O–H groups in total. The van der Waals surface area contributed by atoms with Crippen LogP contribution in [0.5, 0.6) is 0 Å². The maximum absolute atomic E-state index is 13.8. The number of pyridine rings is 1. The molecule has 5 heterocycles. The third-order valence-corrected chi connectivity index (χ3v) is 9.11. The predicted molar refractivity (Wildman–Crippen MR) is 133 cm³/mol. The molecular weight excluding hydrogens is 424 g/mol. The maximum atomic E-state index is 13.8. The molecule has 34 heavy (non-hydrogen) atoms. The van der Waals surface area contributed by atoms with Crippen LogP contribution in [-0.2, 0) is 17.8 Å². The largest absolute Gasteiger partial charge is 0.370 e. The molecule has 4 aliphatic heterocycles. The van der Waals surface area contributed by atoms with Crippen LogP contribution in [-0.4, -0.2) is 70.1 Å². The first kappa shape index (κ1) is 22.5. The molecule has 0 amide bonds. The Hall–Kier alpha value is -1.99. The second-order valence-electron chi connectivity index (χ2n) is 11.4. The lowest BCUT2D eigenvalue weighted by Gasteiger charge is -2.44. The van der Waals surface area contributed by atoms with Crippen LogP contribution >= 0.6 is 0 Å². The van der Waals surface area contributed by atoms with Gasteiger partial charge in [0.2, 0.25) is 0 Å². The van der Waals surface area contributed by atoms with Crippen LogP contribution in [0.3, 0.4) is 0 Å². The van der Waals surface area contributed by atoms with Gasteiger partial charge in [-0.15, -0.1) is 0 Å². The predicted octanol–water partition coefficient (Wildman–Crippen LogP) is -1.39. The van der Waals surface area contributed by atoms with Crippen LogP contribution in [0.1, 0.15) is 36.4 Å². The van der Waals surface area contributed by atoms with Gasteiger partial charge in [0.25, 0.3) is 5.56 Å². The first-order valence-electron chi connectivity index (χ1n) is 13.5. The van der Waals surface area contributed by atoms with Crippen LogP contribution in [0.25, 0.3) is 11.1 Å². The zero-order valence-electron chi connectivity index (χ0n) is 20.7. The van der Waals surface area contributed by atoms with Crippen molar-refractivity contribution >= 4 is 0 Å². The topological polar surface area (TPSA) is 44.6 Å². The number of hydrogen-bond acceptors (Lipinski definition) is 2. The van der Waals surface area contributed by atoms with E-state index in [1.807, 2.05) is 4.90 Å². The lowest BCUT2D eigenvalue weighted by molar-refractivity contribution is -0.959. The molecule has 0 aliphatic carbocycles. The van der Waals surface area contributed by atoms with Crippen LogP contribution in [0.2, 0.25) is 0 Å². The molecule has 0 saturated carbocycles. The van der Waals surface area contributed by atoms with Crippen molar-refractivity contribution in [2.45, 2.75) is 44.3 Å². The summed E-state index contributed by atoms with van der Waals surface area (Å²) in [5, 5.41) is 0. The fraction of sp³-hybridized carbons (Fsp3) is 0.607. The number of benzene rings is 1. The van der Waals surface area contributed by atoms with Gasteiger partial charge < -0.3 is 24.0 Å². The molecule has 0 radical (unpaired) electrons. The average molecular weight is 466 g/mol. The standard InChI is InChI=1S/C28H38N4O2/c1-29-10-8-24(9-11-29)31-17-21-16-23(20-31)27-7-6-26(28(33)32(27)18-21)25-5-3-2-4-22(25)19-30-12-14-34-15-13-30/h2-7,21,23-24H,8-20H2,1H3/p+3/t21-,23+/m0/s1. The smallest absolute Gasteiger partial charge is 0.258 e. The zero-order valence-corrected chi connectivity index (χ0v) is 20.7. The summed E-state index contributed by atoms with van der Waals surface area (Å²) in [7, 11) is 2.33. The van der Waals surface area contributed by atoms with E-state index < -0.39 is 0 Å². The monoisotopic (exact) mass is 465 g/mol. The third-order valence-electron chi connectivity index (χ3n) is 9.11. The molecule has 3 atom stereocenters. The van der Waals surface area contributed by atoms with E-state index in [2.05, 4.69) is 48.0 Å². The highest BCUT2D eigenvalue weighted by Gasteiger charge is 2.41. The Bertz CT molecular complexity index is 1070. The van der Waals surface area contributed by atoms with Gasteiger partial charge in [0.05, 0.1) is 52.5 Å². The minimum absolute atomic E-state index is 0.225. The van der Waals surface area contributed by atoms with E-state index in [4.69, 9.17) is 4.74 Å². The summed E-state index contributed by atoms with van der Waals surface area (Å²) in [6.07, 6.45) is 3.97. The van der Waals surface area contributed by atoms with Crippen LogP contribution < -0.4 is 20.3 Å². The van der Waals surface area contributed by atoms with Crippen molar-refractivity contribution in [1.82, 2.24) is 4.57 Å². The van der Waals surface area contributed by atoms with Crippen molar-refractivity contribution in [2.75, 3.05) is 59.5 Å². The Kier molecular flexibility index (Phi) is 6.33. The maximum Gasteiger partial charge on any atom is 0.258 e. The number of piperidine rings is 2. The van der Waals surface area contributed by atoms with Crippen LogP contribution in [0.15, 0.2) is 41.2 Å². The van der Waals surface area contributed by atoms with Gasteiger partial charge in [-0.05, 0) is 24.1 Å². The van der Waals surface area contributed by atoms with Gasteiger partial charge in [-0.1, -0.05) is 24.3 Å². The van der Waals surface area contributed by atoms with Crippen LogP contribution in [0.4, 0.5) is 0 Å². The summed E-state index contributed by atoms with van der Waals surface area (Å²) in [5.74, 6) is 1.17. The Morgan fingerprint density at radius 3 is 2.59 bits per heavy atom. The molecule has 6 nitrogen and oxygen atoms in total. The van der Waals surface area contributed by atoms with Gasteiger partial charge in [-0.3, -0.25) is 4.79 Å². The highest BCUT2D eigenvalue weighted by atomic mass is 16.5. The number of fused-ring (bicyclic) bond motifs is 4. The summed E-state index contributed by atoms with van der Waals surface area (Å²) >= 11 is 0. The number of hydrogen-bond donors (Lipinski definition) is 3. The van der Waals surface area contributed by atoms with E-state index in [1.54, 1.807) is 9.80 Å². The van der Waals surface area contributed by atoms with Crippen molar-refractivity contribution in [1.29, 1.82) is 0 Å². The van der Waals surface area contributed by atoms with Crippen molar-refractivity contribution in [3.8, 4) is 11.1 Å². The van der Waals surface area contributed by atoms with Gasteiger partial charge in [0.1, 0.15) is 19.6 Å². The highest BCUT2D eigenvalue weighted by molar-refractivity contribution is 5.66. The number of nitrogens with zero attached hydrogens (tertiary/aromatic N) is 1. The van der Waals surface area contributed by atoms with Crippen molar-refractivity contribution < 1.29 is 19.4 Å². The fourth-order valence-electron chi connectivity index (χ4n) is 7.20. The second-order valence-corrected chi connectivity index (χ2v) is 11.4. The van der Waals surface area contributed by atoms with Gasteiger partial charge in [0.15, 0.2) is 0 Å².